The molecule has 0 spiro atoms. The number of rotatable bonds is 2. The standard InChI is InChI=1S/C15H12N4O3S/c20-11-5-6-15(13(22)17-14-16-7-8-23-14)18-12(21)9-3-1-2-4-10(9)19(11)15/h1-4,7-8H,5-6H2,(H,18,21)(H,16,17,22). The summed E-state index contributed by atoms with van der Waals surface area (Å²) < 4.78 is 0. The number of hydrogen-bond acceptors (Lipinski definition) is 5. The van der Waals surface area contributed by atoms with Crippen LogP contribution in [0.5, 0.6) is 0 Å². The summed E-state index contributed by atoms with van der Waals surface area (Å²) >= 11 is 1.27. The fraction of sp³-hybridized carbons (Fsp3) is 0.200. The van der Waals surface area contributed by atoms with E-state index in [1.54, 1.807) is 35.8 Å². The normalized spacial score (nSPS) is 22.3. The van der Waals surface area contributed by atoms with Crippen LogP contribution in [0.25, 0.3) is 0 Å². The summed E-state index contributed by atoms with van der Waals surface area (Å²) in [6, 6.07) is 6.79. The summed E-state index contributed by atoms with van der Waals surface area (Å²) in [4.78, 5) is 43.0. The highest BCUT2D eigenvalue weighted by atomic mass is 32.1. The van der Waals surface area contributed by atoms with Crippen LogP contribution in [0.15, 0.2) is 35.8 Å². The average Bonchev–Trinajstić information content (AvgIpc) is 3.16. The lowest BCUT2D eigenvalue weighted by Gasteiger charge is -2.41. The molecule has 7 nitrogen and oxygen atoms in total. The topological polar surface area (TPSA) is 91.4 Å². The Bertz CT molecular complexity index is 820. The van der Waals surface area contributed by atoms with Gasteiger partial charge < -0.3 is 5.32 Å². The molecule has 1 unspecified atom stereocenters. The van der Waals surface area contributed by atoms with Gasteiger partial charge in [0.15, 0.2) is 5.13 Å². The van der Waals surface area contributed by atoms with Gasteiger partial charge in [-0.15, -0.1) is 11.3 Å². The molecule has 1 aromatic heterocycles. The molecule has 3 heterocycles. The molecule has 0 radical (unpaired) electrons. The average molecular weight is 328 g/mol. The first-order chi connectivity index (χ1) is 11.1. The highest BCUT2D eigenvalue weighted by Crippen LogP contribution is 2.39. The molecule has 8 heteroatoms. The van der Waals surface area contributed by atoms with E-state index in [2.05, 4.69) is 15.6 Å². The molecular weight excluding hydrogens is 316 g/mol. The van der Waals surface area contributed by atoms with Crippen LogP contribution in [0.3, 0.4) is 0 Å². The zero-order chi connectivity index (χ0) is 16.0. The Labute approximate surface area is 135 Å². The number of aromatic nitrogens is 1. The maximum absolute atomic E-state index is 12.8. The monoisotopic (exact) mass is 328 g/mol. The molecule has 1 saturated heterocycles. The molecule has 0 bridgehead atoms. The molecule has 2 aliphatic heterocycles. The third-order valence-electron chi connectivity index (χ3n) is 4.07. The smallest absolute Gasteiger partial charge is 0.273 e. The van der Waals surface area contributed by atoms with Crippen LogP contribution in [0, 0.1) is 0 Å². The van der Waals surface area contributed by atoms with Gasteiger partial charge in [0.25, 0.3) is 11.8 Å². The van der Waals surface area contributed by atoms with E-state index in [0.717, 1.165) is 0 Å². The predicted molar refractivity (Wildman–Crippen MR) is 84.1 cm³/mol. The van der Waals surface area contributed by atoms with Crippen molar-refractivity contribution in [3.63, 3.8) is 0 Å². The van der Waals surface area contributed by atoms with E-state index in [9.17, 15) is 14.4 Å². The van der Waals surface area contributed by atoms with Gasteiger partial charge in [-0.25, -0.2) is 4.98 Å². The lowest BCUT2D eigenvalue weighted by atomic mass is 9.99. The van der Waals surface area contributed by atoms with Crippen molar-refractivity contribution in [3.05, 3.63) is 41.4 Å². The Morgan fingerprint density at radius 1 is 1.35 bits per heavy atom. The van der Waals surface area contributed by atoms with Crippen molar-refractivity contribution in [2.45, 2.75) is 18.5 Å². The molecule has 1 fully saturated rings. The Morgan fingerprint density at radius 2 is 2.17 bits per heavy atom. The van der Waals surface area contributed by atoms with Gasteiger partial charge in [-0.3, -0.25) is 24.6 Å². The van der Waals surface area contributed by atoms with Gasteiger partial charge in [0.1, 0.15) is 0 Å². The van der Waals surface area contributed by atoms with Gasteiger partial charge in [0.05, 0.1) is 11.3 Å². The van der Waals surface area contributed by atoms with Crippen LogP contribution in [0.2, 0.25) is 0 Å². The molecule has 1 aromatic carbocycles. The van der Waals surface area contributed by atoms with E-state index in [0.29, 0.717) is 16.4 Å². The highest BCUT2D eigenvalue weighted by molar-refractivity contribution is 7.13. The first-order valence-corrected chi connectivity index (χ1v) is 7.95. The minimum absolute atomic E-state index is 0.188. The number of carbonyl (C=O) groups excluding carboxylic acids is 3. The Hall–Kier alpha value is -2.74. The van der Waals surface area contributed by atoms with Crippen molar-refractivity contribution in [1.29, 1.82) is 0 Å². The number of nitrogens with one attached hydrogen (secondary N) is 2. The molecule has 4 rings (SSSR count). The van der Waals surface area contributed by atoms with E-state index in [4.69, 9.17) is 0 Å². The van der Waals surface area contributed by atoms with Crippen molar-refractivity contribution in [2.24, 2.45) is 0 Å². The third-order valence-corrected chi connectivity index (χ3v) is 4.76. The summed E-state index contributed by atoms with van der Waals surface area (Å²) in [6.45, 7) is 0. The molecule has 0 saturated carbocycles. The summed E-state index contributed by atoms with van der Waals surface area (Å²) in [5.41, 5.74) is -0.540. The number of nitrogens with zero attached hydrogens (tertiary/aromatic N) is 2. The number of amides is 3. The summed E-state index contributed by atoms with van der Waals surface area (Å²) in [5.74, 6) is -1.01. The summed E-state index contributed by atoms with van der Waals surface area (Å²) in [5, 5.41) is 7.57. The van der Waals surface area contributed by atoms with E-state index >= 15 is 0 Å². The molecule has 2 aromatic rings. The highest BCUT2D eigenvalue weighted by Gasteiger charge is 2.56. The molecule has 2 aliphatic rings. The summed E-state index contributed by atoms with van der Waals surface area (Å²) in [7, 11) is 0. The third kappa shape index (κ3) is 1.95. The van der Waals surface area contributed by atoms with E-state index in [1.807, 2.05) is 0 Å². The number of thiazole rings is 1. The van der Waals surface area contributed by atoms with E-state index in [1.165, 1.54) is 16.2 Å². The zero-order valence-electron chi connectivity index (χ0n) is 11.9. The number of fused-ring (bicyclic) bond motifs is 3. The van der Waals surface area contributed by atoms with E-state index in [-0.39, 0.29) is 24.7 Å². The lowest BCUT2D eigenvalue weighted by Crippen LogP contribution is -2.68. The number of para-hydroxylation sites is 1. The van der Waals surface area contributed by atoms with Gasteiger partial charge >= 0.3 is 0 Å². The SMILES string of the molecule is O=C1NC2(C(=O)Nc3nccs3)CCC(=O)N2c2ccccc21. The van der Waals surface area contributed by atoms with Gasteiger partial charge in [-0.1, -0.05) is 12.1 Å². The molecule has 1 atom stereocenters. The van der Waals surface area contributed by atoms with Crippen LogP contribution in [-0.2, 0) is 9.59 Å². The van der Waals surface area contributed by atoms with Gasteiger partial charge in [0, 0.05) is 24.4 Å². The van der Waals surface area contributed by atoms with Gasteiger partial charge in [-0.2, -0.15) is 0 Å². The second kappa shape index (κ2) is 4.88. The fourth-order valence-corrected chi connectivity index (χ4v) is 3.58. The minimum Gasteiger partial charge on any atom is -0.321 e. The fourth-order valence-electron chi connectivity index (χ4n) is 3.06. The molecule has 3 amide bonds. The largest absolute Gasteiger partial charge is 0.321 e. The second-order valence-corrected chi connectivity index (χ2v) is 6.25. The van der Waals surface area contributed by atoms with Crippen molar-refractivity contribution in [2.75, 3.05) is 10.2 Å². The Morgan fingerprint density at radius 3 is 2.96 bits per heavy atom. The van der Waals surface area contributed by atoms with Crippen LogP contribution < -0.4 is 15.5 Å². The first-order valence-electron chi connectivity index (χ1n) is 7.07. The minimum atomic E-state index is -1.39. The zero-order valence-corrected chi connectivity index (χ0v) is 12.7. The first kappa shape index (κ1) is 13.9. The molecule has 0 aliphatic carbocycles. The Balaban J connectivity index is 1.79. The van der Waals surface area contributed by atoms with Gasteiger partial charge in [0.2, 0.25) is 11.6 Å². The van der Waals surface area contributed by atoms with Crippen LogP contribution in [0.1, 0.15) is 23.2 Å². The van der Waals surface area contributed by atoms with Crippen molar-refractivity contribution in [3.8, 4) is 0 Å². The lowest BCUT2D eigenvalue weighted by molar-refractivity contribution is -0.124. The second-order valence-electron chi connectivity index (χ2n) is 5.35. The molecule has 116 valence electrons. The summed E-state index contributed by atoms with van der Waals surface area (Å²) in [6.07, 6.45) is 1.99. The quantitative estimate of drug-likeness (QED) is 0.870. The van der Waals surface area contributed by atoms with Crippen molar-refractivity contribution in [1.82, 2.24) is 10.3 Å². The predicted octanol–water partition coefficient (Wildman–Crippen LogP) is 1.35. The molecule has 2 N–H and O–H groups in total. The van der Waals surface area contributed by atoms with Crippen molar-refractivity contribution >= 4 is 39.9 Å². The maximum Gasteiger partial charge on any atom is 0.273 e. The Kier molecular flexibility index (Phi) is 2.95. The van der Waals surface area contributed by atoms with Crippen LogP contribution >= 0.6 is 11.3 Å². The molecule has 23 heavy (non-hydrogen) atoms. The van der Waals surface area contributed by atoms with Gasteiger partial charge in [-0.05, 0) is 12.1 Å². The maximum atomic E-state index is 12.8. The van der Waals surface area contributed by atoms with Crippen LogP contribution in [0.4, 0.5) is 10.8 Å². The van der Waals surface area contributed by atoms with E-state index < -0.39 is 11.6 Å². The molecular formula is C15H12N4O3S. The number of carbonyl (C=O) groups is 3. The number of anilines is 2. The number of hydrogen-bond donors (Lipinski definition) is 2. The van der Waals surface area contributed by atoms with Crippen molar-refractivity contribution < 1.29 is 14.4 Å². The number of benzene rings is 1. The van der Waals surface area contributed by atoms with Crippen LogP contribution in [-0.4, -0.2) is 28.4 Å².